The number of rotatable bonds is 6. The van der Waals surface area contributed by atoms with E-state index in [9.17, 15) is 5.11 Å². The third-order valence-corrected chi connectivity index (χ3v) is 5.72. The summed E-state index contributed by atoms with van der Waals surface area (Å²) in [5.74, 6) is 1.60. The molecule has 3 unspecified atom stereocenters. The Morgan fingerprint density at radius 3 is 2.90 bits per heavy atom. The van der Waals surface area contributed by atoms with Crippen molar-refractivity contribution in [2.75, 3.05) is 5.75 Å². The zero-order valence-electron chi connectivity index (χ0n) is 12.2. The predicted octanol–water partition coefficient (Wildman–Crippen LogP) is 4.87. The van der Waals surface area contributed by atoms with E-state index in [1.165, 1.54) is 25.0 Å². The molecule has 0 aromatic heterocycles. The zero-order chi connectivity index (χ0) is 14.5. The summed E-state index contributed by atoms with van der Waals surface area (Å²) >= 11 is 5.58. The van der Waals surface area contributed by atoms with E-state index < -0.39 is 0 Å². The first-order valence-corrected chi connectivity index (χ1v) is 9.34. The third-order valence-electron chi connectivity index (χ3n) is 4.00. The van der Waals surface area contributed by atoms with Crippen molar-refractivity contribution in [2.45, 2.75) is 56.9 Å². The summed E-state index contributed by atoms with van der Waals surface area (Å²) < 4.78 is 1.02. The van der Waals surface area contributed by atoms with Gasteiger partial charge in [0.2, 0.25) is 0 Å². The summed E-state index contributed by atoms with van der Waals surface area (Å²) in [6, 6.07) is 6.51. The number of phenolic OH excluding ortho intramolecular Hbond substituents is 1. The number of benzene rings is 1. The summed E-state index contributed by atoms with van der Waals surface area (Å²) in [5, 5.41) is 14.6. The Bertz CT molecular complexity index is 440. The van der Waals surface area contributed by atoms with Crippen molar-refractivity contribution in [2.24, 2.45) is 0 Å². The van der Waals surface area contributed by atoms with Crippen molar-refractivity contribution in [3.63, 3.8) is 0 Å². The molecule has 0 amide bonds. The van der Waals surface area contributed by atoms with Crippen molar-refractivity contribution in [1.82, 2.24) is 5.32 Å². The molecule has 0 saturated heterocycles. The SMILES string of the molecule is CCSC1CCC(NC(CC)c2cc(Br)ccc2O)C1. The lowest BCUT2D eigenvalue weighted by Crippen LogP contribution is -2.31. The van der Waals surface area contributed by atoms with Gasteiger partial charge in [-0.2, -0.15) is 11.8 Å². The van der Waals surface area contributed by atoms with Crippen molar-refractivity contribution >= 4 is 27.7 Å². The molecular formula is C16H24BrNOS. The van der Waals surface area contributed by atoms with Gasteiger partial charge in [0.25, 0.3) is 0 Å². The second kappa shape index (κ2) is 7.71. The Balaban J connectivity index is 2.01. The highest BCUT2D eigenvalue weighted by molar-refractivity contribution is 9.10. The third kappa shape index (κ3) is 4.15. The predicted molar refractivity (Wildman–Crippen MR) is 91.5 cm³/mol. The van der Waals surface area contributed by atoms with E-state index in [0.29, 0.717) is 11.8 Å². The molecule has 3 atom stereocenters. The van der Waals surface area contributed by atoms with Crippen LogP contribution in [0.5, 0.6) is 5.75 Å². The van der Waals surface area contributed by atoms with Gasteiger partial charge in [0.1, 0.15) is 5.75 Å². The van der Waals surface area contributed by atoms with Crippen molar-refractivity contribution in [1.29, 1.82) is 0 Å². The van der Waals surface area contributed by atoms with Crippen LogP contribution in [-0.2, 0) is 0 Å². The van der Waals surface area contributed by atoms with Gasteiger partial charge in [0.15, 0.2) is 0 Å². The van der Waals surface area contributed by atoms with E-state index in [1.807, 2.05) is 12.1 Å². The van der Waals surface area contributed by atoms with Crippen LogP contribution in [-0.4, -0.2) is 22.2 Å². The summed E-state index contributed by atoms with van der Waals surface area (Å²) in [6.07, 6.45) is 4.82. The highest BCUT2D eigenvalue weighted by atomic mass is 79.9. The Labute approximate surface area is 134 Å². The maximum absolute atomic E-state index is 10.1. The van der Waals surface area contributed by atoms with Crippen LogP contribution in [0, 0.1) is 0 Å². The second-order valence-electron chi connectivity index (χ2n) is 5.42. The molecule has 20 heavy (non-hydrogen) atoms. The molecule has 2 N–H and O–H groups in total. The fraction of sp³-hybridized carbons (Fsp3) is 0.625. The molecule has 0 heterocycles. The first-order chi connectivity index (χ1) is 9.63. The molecule has 0 spiro atoms. The quantitative estimate of drug-likeness (QED) is 0.761. The Hall–Kier alpha value is -0.190. The van der Waals surface area contributed by atoms with Crippen LogP contribution < -0.4 is 5.32 Å². The average molecular weight is 358 g/mol. The standard InChI is InChI=1S/C16H24BrNOS/c1-3-15(14-9-11(17)5-8-16(14)19)18-12-6-7-13(10-12)20-4-2/h5,8-9,12-13,15,18-19H,3-4,6-7,10H2,1-2H3. The zero-order valence-corrected chi connectivity index (χ0v) is 14.6. The first kappa shape index (κ1) is 16.2. The van der Waals surface area contributed by atoms with Crippen LogP contribution >= 0.6 is 27.7 Å². The molecular weight excluding hydrogens is 334 g/mol. The Kier molecular flexibility index (Phi) is 6.24. The monoisotopic (exact) mass is 357 g/mol. The number of thioether (sulfide) groups is 1. The lowest BCUT2D eigenvalue weighted by molar-refractivity contribution is 0.406. The minimum atomic E-state index is 0.239. The molecule has 0 aliphatic heterocycles. The van der Waals surface area contributed by atoms with Gasteiger partial charge >= 0.3 is 0 Å². The summed E-state index contributed by atoms with van der Waals surface area (Å²) in [6.45, 7) is 4.41. The summed E-state index contributed by atoms with van der Waals surface area (Å²) in [7, 11) is 0. The lowest BCUT2D eigenvalue weighted by Gasteiger charge is -2.23. The van der Waals surface area contributed by atoms with Crippen LogP contribution in [0.15, 0.2) is 22.7 Å². The van der Waals surface area contributed by atoms with Crippen molar-refractivity contribution < 1.29 is 5.11 Å². The topological polar surface area (TPSA) is 32.3 Å². The maximum atomic E-state index is 10.1. The lowest BCUT2D eigenvalue weighted by atomic mass is 10.0. The van der Waals surface area contributed by atoms with Gasteiger partial charge in [-0.1, -0.05) is 29.8 Å². The van der Waals surface area contributed by atoms with Crippen molar-refractivity contribution in [3.05, 3.63) is 28.2 Å². The second-order valence-corrected chi connectivity index (χ2v) is 7.91. The molecule has 1 fully saturated rings. The van der Waals surface area contributed by atoms with E-state index >= 15 is 0 Å². The van der Waals surface area contributed by atoms with Gasteiger partial charge in [-0.05, 0) is 49.6 Å². The highest BCUT2D eigenvalue weighted by Crippen LogP contribution is 2.34. The van der Waals surface area contributed by atoms with E-state index in [-0.39, 0.29) is 6.04 Å². The van der Waals surface area contributed by atoms with Crippen LogP contribution in [0.1, 0.15) is 51.1 Å². The van der Waals surface area contributed by atoms with E-state index in [2.05, 4.69) is 46.9 Å². The molecule has 1 aromatic carbocycles. The molecule has 0 bridgehead atoms. The van der Waals surface area contributed by atoms with Crippen LogP contribution in [0.25, 0.3) is 0 Å². The minimum Gasteiger partial charge on any atom is -0.508 e. The van der Waals surface area contributed by atoms with E-state index in [0.717, 1.165) is 21.7 Å². The van der Waals surface area contributed by atoms with Gasteiger partial charge < -0.3 is 10.4 Å². The van der Waals surface area contributed by atoms with Gasteiger partial charge in [-0.15, -0.1) is 0 Å². The normalized spacial score (nSPS) is 23.9. The molecule has 1 aliphatic carbocycles. The summed E-state index contributed by atoms with van der Waals surface area (Å²) in [5.41, 5.74) is 1.01. The Morgan fingerprint density at radius 1 is 1.40 bits per heavy atom. The maximum Gasteiger partial charge on any atom is 0.120 e. The largest absolute Gasteiger partial charge is 0.508 e. The number of phenols is 1. The highest BCUT2D eigenvalue weighted by Gasteiger charge is 2.27. The smallest absolute Gasteiger partial charge is 0.120 e. The molecule has 1 aromatic rings. The molecule has 0 radical (unpaired) electrons. The fourth-order valence-corrected chi connectivity index (χ4v) is 4.52. The van der Waals surface area contributed by atoms with Gasteiger partial charge in [0.05, 0.1) is 0 Å². The van der Waals surface area contributed by atoms with Crippen LogP contribution in [0.4, 0.5) is 0 Å². The van der Waals surface area contributed by atoms with E-state index in [4.69, 9.17) is 0 Å². The number of aromatic hydroxyl groups is 1. The molecule has 112 valence electrons. The number of halogens is 1. The van der Waals surface area contributed by atoms with E-state index in [1.54, 1.807) is 6.07 Å². The fourth-order valence-electron chi connectivity index (χ4n) is 3.00. The van der Waals surface area contributed by atoms with Gasteiger partial charge in [-0.3, -0.25) is 0 Å². The number of hydrogen-bond acceptors (Lipinski definition) is 3. The summed E-state index contributed by atoms with van der Waals surface area (Å²) in [4.78, 5) is 0. The van der Waals surface area contributed by atoms with Crippen LogP contribution in [0.2, 0.25) is 0 Å². The Morgan fingerprint density at radius 2 is 2.20 bits per heavy atom. The molecule has 2 nitrogen and oxygen atoms in total. The minimum absolute atomic E-state index is 0.239. The molecule has 1 saturated carbocycles. The number of nitrogens with one attached hydrogen (secondary N) is 1. The van der Waals surface area contributed by atoms with Gasteiger partial charge in [0, 0.05) is 27.4 Å². The average Bonchev–Trinajstić information content (AvgIpc) is 2.87. The van der Waals surface area contributed by atoms with Crippen LogP contribution in [0.3, 0.4) is 0 Å². The van der Waals surface area contributed by atoms with Crippen molar-refractivity contribution in [3.8, 4) is 5.75 Å². The first-order valence-electron chi connectivity index (χ1n) is 7.50. The molecule has 4 heteroatoms. The number of hydrogen-bond donors (Lipinski definition) is 2. The molecule has 2 rings (SSSR count). The molecule has 1 aliphatic rings. The van der Waals surface area contributed by atoms with Gasteiger partial charge in [-0.25, -0.2) is 0 Å².